The average molecular weight is 288 g/mol. The molecule has 6 heteroatoms. The third-order valence-corrected chi connectivity index (χ3v) is 3.55. The summed E-state index contributed by atoms with van der Waals surface area (Å²) in [6.45, 7) is 2.56. The molecule has 0 bridgehead atoms. The highest BCUT2D eigenvalue weighted by Crippen LogP contribution is 2.21. The first-order valence-corrected chi connectivity index (χ1v) is 6.63. The van der Waals surface area contributed by atoms with Crippen molar-refractivity contribution in [1.29, 1.82) is 0 Å². The lowest BCUT2D eigenvalue weighted by Crippen LogP contribution is -2.26. The van der Waals surface area contributed by atoms with E-state index in [2.05, 4.69) is 21.7 Å². The van der Waals surface area contributed by atoms with Gasteiger partial charge in [-0.05, 0) is 25.5 Å². The molecule has 1 aliphatic heterocycles. The summed E-state index contributed by atoms with van der Waals surface area (Å²) in [7, 11) is 0. The minimum atomic E-state index is -0.182. The second-order valence-corrected chi connectivity index (χ2v) is 4.95. The molecule has 0 fully saturated rings. The summed E-state index contributed by atoms with van der Waals surface area (Å²) in [4.78, 5) is 14.5. The summed E-state index contributed by atoms with van der Waals surface area (Å²) in [6.07, 6.45) is 4.11. The zero-order valence-corrected chi connectivity index (χ0v) is 11.4. The second-order valence-electron chi connectivity index (χ2n) is 4.17. The quantitative estimate of drug-likeness (QED) is 0.745. The Labute approximate surface area is 116 Å². The number of amides is 1. The lowest BCUT2D eigenvalue weighted by Gasteiger charge is -2.13. The molecule has 2 heterocycles. The third-order valence-electron chi connectivity index (χ3n) is 2.86. The van der Waals surface area contributed by atoms with Crippen molar-refractivity contribution in [3.8, 4) is 0 Å². The summed E-state index contributed by atoms with van der Waals surface area (Å²) in [5.41, 5.74) is 1.78. The van der Waals surface area contributed by atoms with Gasteiger partial charge < -0.3 is 15.6 Å². The molecular formula is C12H15Cl2N3O. The number of aromatic amines is 1. The normalized spacial score (nSPS) is 15.3. The zero-order valence-electron chi connectivity index (χ0n) is 9.85. The molecule has 0 unspecified atom stereocenters. The number of hydrogen-bond acceptors (Lipinski definition) is 2. The average Bonchev–Trinajstić information content (AvgIpc) is 2.71. The molecule has 1 aliphatic rings. The van der Waals surface area contributed by atoms with Gasteiger partial charge in [0, 0.05) is 13.1 Å². The van der Waals surface area contributed by atoms with Crippen LogP contribution in [0.25, 0.3) is 0 Å². The molecule has 0 radical (unpaired) electrons. The van der Waals surface area contributed by atoms with Crippen LogP contribution >= 0.6 is 23.2 Å². The van der Waals surface area contributed by atoms with Crippen molar-refractivity contribution in [1.82, 2.24) is 15.6 Å². The molecular weight excluding hydrogens is 273 g/mol. The van der Waals surface area contributed by atoms with Gasteiger partial charge in [0.25, 0.3) is 5.91 Å². The first-order valence-electron chi connectivity index (χ1n) is 5.87. The summed E-state index contributed by atoms with van der Waals surface area (Å²) >= 11 is 11.5. The monoisotopic (exact) mass is 287 g/mol. The highest BCUT2D eigenvalue weighted by Gasteiger charge is 2.11. The van der Waals surface area contributed by atoms with Gasteiger partial charge in [0.2, 0.25) is 0 Å². The number of hydrogen-bond donors (Lipinski definition) is 3. The number of rotatable bonds is 4. The van der Waals surface area contributed by atoms with E-state index >= 15 is 0 Å². The van der Waals surface area contributed by atoms with Gasteiger partial charge in [-0.2, -0.15) is 0 Å². The predicted molar refractivity (Wildman–Crippen MR) is 73.3 cm³/mol. The number of H-pyrrole nitrogens is 1. The number of nitrogens with one attached hydrogen (secondary N) is 3. The summed E-state index contributed by atoms with van der Waals surface area (Å²) in [6, 6.07) is 1.53. The molecule has 4 nitrogen and oxygen atoms in total. The van der Waals surface area contributed by atoms with E-state index < -0.39 is 0 Å². The first kappa shape index (κ1) is 13.5. The van der Waals surface area contributed by atoms with E-state index in [0.717, 1.165) is 25.9 Å². The van der Waals surface area contributed by atoms with E-state index in [9.17, 15) is 4.79 Å². The lowest BCUT2D eigenvalue weighted by molar-refractivity contribution is 0.0949. The molecule has 3 N–H and O–H groups in total. The number of carbonyl (C=O) groups is 1. The maximum Gasteiger partial charge on any atom is 0.267 e. The minimum absolute atomic E-state index is 0.182. The molecule has 0 saturated carbocycles. The van der Waals surface area contributed by atoms with E-state index in [4.69, 9.17) is 23.2 Å². The topological polar surface area (TPSA) is 56.9 Å². The third kappa shape index (κ3) is 3.51. The molecule has 1 amide bonds. The van der Waals surface area contributed by atoms with Crippen LogP contribution in [0.4, 0.5) is 0 Å². The van der Waals surface area contributed by atoms with Crippen molar-refractivity contribution in [2.24, 2.45) is 0 Å². The van der Waals surface area contributed by atoms with Gasteiger partial charge in [-0.25, -0.2) is 0 Å². The fourth-order valence-electron chi connectivity index (χ4n) is 1.85. The van der Waals surface area contributed by atoms with Crippen LogP contribution in [0.3, 0.4) is 0 Å². The Morgan fingerprint density at radius 1 is 1.44 bits per heavy atom. The molecule has 0 aliphatic carbocycles. The van der Waals surface area contributed by atoms with Crippen molar-refractivity contribution in [3.63, 3.8) is 0 Å². The van der Waals surface area contributed by atoms with E-state index in [0.29, 0.717) is 22.4 Å². The Bertz CT molecular complexity index is 448. The van der Waals surface area contributed by atoms with Gasteiger partial charge in [0.05, 0.1) is 5.02 Å². The van der Waals surface area contributed by atoms with Crippen LogP contribution < -0.4 is 10.6 Å². The molecule has 0 saturated heterocycles. The van der Waals surface area contributed by atoms with Crippen molar-refractivity contribution < 1.29 is 4.79 Å². The van der Waals surface area contributed by atoms with Crippen LogP contribution in [0.2, 0.25) is 10.2 Å². The highest BCUT2D eigenvalue weighted by molar-refractivity contribution is 6.41. The van der Waals surface area contributed by atoms with E-state index in [1.807, 2.05) is 0 Å². The maximum absolute atomic E-state index is 11.8. The Morgan fingerprint density at radius 3 is 2.89 bits per heavy atom. The number of aromatic nitrogens is 1. The lowest BCUT2D eigenvalue weighted by atomic mass is 10.1. The number of carbonyl (C=O) groups excluding carboxylic acids is 1. The Kier molecular flexibility index (Phi) is 4.69. The molecule has 1 aromatic heterocycles. The first-order chi connectivity index (χ1) is 8.66. The van der Waals surface area contributed by atoms with Gasteiger partial charge in [-0.3, -0.25) is 4.79 Å². The van der Waals surface area contributed by atoms with Crippen LogP contribution in [-0.4, -0.2) is 30.5 Å². The van der Waals surface area contributed by atoms with Gasteiger partial charge in [-0.15, -0.1) is 0 Å². The second kappa shape index (κ2) is 6.27. The molecule has 18 heavy (non-hydrogen) atoms. The highest BCUT2D eigenvalue weighted by atomic mass is 35.5. The number of halogens is 2. The fraction of sp³-hybridized carbons (Fsp3) is 0.417. The molecule has 1 aromatic rings. The van der Waals surface area contributed by atoms with Gasteiger partial charge in [-0.1, -0.05) is 34.9 Å². The summed E-state index contributed by atoms with van der Waals surface area (Å²) in [5, 5.41) is 6.75. The van der Waals surface area contributed by atoms with Gasteiger partial charge >= 0.3 is 0 Å². The van der Waals surface area contributed by atoms with Gasteiger partial charge in [0.1, 0.15) is 10.8 Å². The molecule has 0 atom stereocenters. The van der Waals surface area contributed by atoms with Crippen LogP contribution in [0.1, 0.15) is 23.3 Å². The van der Waals surface area contributed by atoms with E-state index in [1.165, 1.54) is 11.6 Å². The SMILES string of the molecule is O=C(NCCC1=CCNCC1)c1cc(Cl)c(Cl)[nH]1. The zero-order chi connectivity index (χ0) is 13.0. The van der Waals surface area contributed by atoms with Crippen LogP contribution in [0.5, 0.6) is 0 Å². The smallest absolute Gasteiger partial charge is 0.267 e. The predicted octanol–water partition coefficient (Wildman–Crippen LogP) is 2.36. The van der Waals surface area contributed by atoms with Crippen molar-refractivity contribution in [2.45, 2.75) is 12.8 Å². The minimum Gasteiger partial charge on any atom is -0.350 e. The molecule has 0 aromatic carbocycles. The van der Waals surface area contributed by atoms with Crippen molar-refractivity contribution in [3.05, 3.63) is 33.6 Å². The van der Waals surface area contributed by atoms with Crippen LogP contribution in [0.15, 0.2) is 17.7 Å². The summed E-state index contributed by atoms with van der Waals surface area (Å²) < 4.78 is 0. The molecule has 98 valence electrons. The Hall–Kier alpha value is -0.970. The Morgan fingerprint density at radius 2 is 2.28 bits per heavy atom. The van der Waals surface area contributed by atoms with E-state index in [1.54, 1.807) is 0 Å². The maximum atomic E-state index is 11.8. The largest absolute Gasteiger partial charge is 0.350 e. The van der Waals surface area contributed by atoms with E-state index in [-0.39, 0.29) is 5.91 Å². The van der Waals surface area contributed by atoms with Crippen molar-refractivity contribution in [2.75, 3.05) is 19.6 Å². The molecule has 0 spiro atoms. The van der Waals surface area contributed by atoms with Crippen LogP contribution in [0, 0.1) is 0 Å². The van der Waals surface area contributed by atoms with Gasteiger partial charge in [0.15, 0.2) is 0 Å². The molecule has 2 rings (SSSR count). The van der Waals surface area contributed by atoms with Crippen molar-refractivity contribution >= 4 is 29.1 Å². The summed E-state index contributed by atoms with van der Waals surface area (Å²) in [5.74, 6) is -0.182. The van der Waals surface area contributed by atoms with Crippen LogP contribution in [-0.2, 0) is 0 Å². The fourth-order valence-corrected chi connectivity index (χ4v) is 2.17. The standard InChI is InChI=1S/C12H15Cl2N3O/c13-9-7-10(17-11(9)14)12(18)16-6-3-8-1-4-15-5-2-8/h1,7,15,17H,2-6H2,(H,16,18). The Balaban J connectivity index is 1.79.